The minimum absolute atomic E-state index is 0.256. The minimum Gasteiger partial charge on any atom is -0.353 e. The molecule has 0 amide bonds. The average Bonchev–Trinajstić information content (AvgIpc) is 3.01. The van der Waals surface area contributed by atoms with E-state index < -0.39 is 10.0 Å². The molecule has 22 heavy (non-hydrogen) atoms. The summed E-state index contributed by atoms with van der Waals surface area (Å²) in [6.07, 6.45) is 3.20. The molecular formula is C14H20N4O2S2. The van der Waals surface area contributed by atoms with Gasteiger partial charge in [0.1, 0.15) is 12.1 Å². The van der Waals surface area contributed by atoms with Gasteiger partial charge in [0.25, 0.3) is 0 Å². The summed E-state index contributed by atoms with van der Waals surface area (Å²) in [5, 5.41) is 2.01. The summed E-state index contributed by atoms with van der Waals surface area (Å²) < 4.78 is 27.2. The number of aromatic nitrogens is 2. The Morgan fingerprint density at radius 1 is 1.23 bits per heavy atom. The minimum atomic E-state index is -3.11. The van der Waals surface area contributed by atoms with Gasteiger partial charge in [0, 0.05) is 26.2 Å². The predicted octanol–water partition coefficient (Wildman–Crippen LogP) is 1.94. The van der Waals surface area contributed by atoms with Crippen molar-refractivity contribution in [3.8, 4) is 0 Å². The Morgan fingerprint density at radius 2 is 2.00 bits per heavy atom. The van der Waals surface area contributed by atoms with Gasteiger partial charge in [-0.15, -0.1) is 11.3 Å². The van der Waals surface area contributed by atoms with Crippen LogP contribution >= 0.6 is 11.3 Å². The van der Waals surface area contributed by atoms with Gasteiger partial charge in [0.05, 0.1) is 16.0 Å². The van der Waals surface area contributed by atoms with Crippen LogP contribution in [0.25, 0.3) is 10.2 Å². The Labute approximate surface area is 134 Å². The molecule has 0 saturated carbocycles. The lowest BCUT2D eigenvalue weighted by atomic mass is 10.3. The fourth-order valence-corrected chi connectivity index (χ4v) is 5.13. The summed E-state index contributed by atoms with van der Waals surface area (Å²) in [7, 11) is -3.11. The fourth-order valence-electron chi connectivity index (χ4n) is 2.64. The summed E-state index contributed by atoms with van der Waals surface area (Å²) >= 11 is 1.63. The van der Waals surface area contributed by atoms with Gasteiger partial charge in [-0.2, -0.15) is 4.31 Å². The molecule has 8 heteroatoms. The molecule has 0 radical (unpaired) electrons. The second-order valence-corrected chi connectivity index (χ2v) is 8.39. The van der Waals surface area contributed by atoms with Crippen molar-refractivity contribution in [3.63, 3.8) is 0 Å². The van der Waals surface area contributed by atoms with Crippen molar-refractivity contribution in [2.45, 2.75) is 19.8 Å². The normalized spacial score (nSPS) is 17.2. The van der Waals surface area contributed by atoms with E-state index >= 15 is 0 Å². The van der Waals surface area contributed by atoms with Crippen molar-refractivity contribution >= 4 is 37.4 Å². The fraction of sp³-hybridized carbons (Fsp3) is 0.571. The smallest absolute Gasteiger partial charge is 0.214 e. The molecule has 2 aromatic heterocycles. The van der Waals surface area contributed by atoms with Crippen LogP contribution in [0.1, 0.15) is 19.8 Å². The summed E-state index contributed by atoms with van der Waals surface area (Å²) in [5.74, 6) is 1.18. The van der Waals surface area contributed by atoms with E-state index in [4.69, 9.17) is 0 Å². The number of anilines is 1. The quantitative estimate of drug-likeness (QED) is 0.832. The van der Waals surface area contributed by atoms with Gasteiger partial charge in [0.15, 0.2) is 0 Å². The van der Waals surface area contributed by atoms with Crippen LogP contribution in [0, 0.1) is 0 Å². The van der Waals surface area contributed by atoms with E-state index in [1.54, 1.807) is 22.0 Å². The number of thiophene rings is 1. The van der Waals surface area contributed by atoms with Gasteiger partial charge < -0.3 is 4.90 Å². The van der Waals surface area contributed by atoms with Crippen LogP contribution in [0.5, 0.6) is 0 Å². The highest BCUT2D eigenvalue weighted by Crippen LogP contribution is 2.28. The number of rotatable bonds is 5. The molecule has 0 aliphatic carbocycles. The van der Waals surface area contributed by atoms with Crippen molar-refractivity contribution in [3.05, 3.63) is 17.8 Å². The molecule has 0 N–H and O–H groups in total. The Balaban J connectivity index is 1.71. The van der Waals surface area contributed by atoms with Gasteiger partial charge in [-0.25, -0.2) is 18.4 Å². The van der Waals surface area contributed by atoms with E-state index in [9.17, 15) is 8.42 Å². The van der Waals surface area contributed by atoms with Crippen LogP contribution in [0.15, 0.2) is 17.8 Å². The van der Waals surface area contributed by atoms with E-state index in [1.165, 1.54) is 0 Å². The molecule has 6 nitrogen and oxygen atoms in total. The molecular weight excluding hydrogens is 320 g/mol. The molecule has 1 aliphatic rings. The second-order valence-electron chi connectivity index (χ2n) is 5.39. The van der Waals surface area contributed by atoms with E-state index in [0.717, 1.165) is 28.9 Å². The number of unbranched alkanes of at least 4 members (excludes halogenated alkanes) is 1. The maximum atomic E-state index is 12.2. The SMILES string of the molecule is CCCCS(=O)(=O)N1CCN(c2ncnc3ccsc23)CC1. The average molecular weight is 340 g/mol. The topological polar surface area (TPSA) is 66.4 Å². The van der Waals surface area contributed by atoms with Crippen LogP contribution in [0.2, 0.25) is 0 Å². The zero-order valence-corrected chi connectivity index (χ0v) is 14.2. The summed E-state index contributed by atoms with van der Waals surface area (Å²) in [6.45, 7) is 4.42. The first-order valence-corrected chi connectivity index (χ1v) is 10.0. The van der Waals surface area contributed by atoms with E-state index in [0.29, 0.717) is 26.2 Å². The van der Waals surface area contributed by atoms with Crippen LogP contribution in [-0.4, -0.2) is 54.6 Å². The molecule has 0 bridgehead atoms. The van der Waals surface area contributed by atoms with Crippen molar-refractivity contribution in [1.82, 2.24) is 14.3 Å². The lowest BCUT2D eigenvalue weighted by Crippen LogP contribution is -2.49. The lowest BCUT2D eigenvalue weighted by Gasteiger charge is -2.34. The summed E-state index contributed by atoms with van der Waals surface area (Å²) in [5.41, 5.74) is 0.952. The molecule has 0 unspecified atom stereocenters. The molecule has 3 rings (SSSR count). The van der Waals surface area contributed by atoms with Crippen LogP contribution in [-0.2, 0) is 10.0 Å². The van der Waals surface area contributed by atoms with Gasteiger partial charge in [-0.05, 0) is 17.9 Å². The molecule has 120 valence electrons. The van der Waals surface area contributed by atoms with Crippen molar-refractivity contribution in [2.75, 3.05) is 36.8 Å². The number of piperazine rings is 1. The Kier molecular flexibility index (Phi) is 4.60. The van der Waals surface area contributed by atoms with Crippen LogP contribution in [0.4, 0.5) is 5.82 Å². The van der Waals surface area contributed by atoms with Crippen LogP contribution in [0.3, 0.4) is 0 Å². The number of sulfonamides is 1. The number of hydrogen-bond acceptors (Lipinski definition) is 6. The number of nitrogens with zero attached hydrogens (tertiary/aromatic N) is 4. The highest BCUT2D eigenvalue weighted by atomic mass is 32.2. The standard InChI is InChI=1S/C14H20N4O2S2/c1-2-3-10-22(19,20)18-7-5-17(6-8-18)14-13-12(4-9-21-13)15-11-16-14/h4,9,11H,2-3,5-8,10H2,1H3. The highest BCUT2D eigenvalue weighted by Gasteiger charge is 2.27. The first-order chi connectivity index (χ1) is 10.6. The molecule has 1 aliphatic heterocycles. The van der Waals surface area contributed by atoms with Gasteiger partial charge >= 0.3 is 0 Å². The van der Waals surface area contributed by atoms with Crippen LogP contribution < -0.4 is 4.90 Å². The van der Waals surface area contributed by atoms with Gasteiger partial charge in [-0.1, -0.05) is 13.3 Å². The number of fused-ring (bicyclic) bond motifs is 1. The maximum absolute atomic E-state index is 12.2. The molecule has 1 saturated heterocycles. The molecule has 0 atom stereocenters. The highest BCUT2D eigenvalue weighted by molar-refractivity contribution is 7.89. The zero-order valence-electron chi connectivity index (χ0n) is 12.6. The van der Waals surface area contributed by atoms with Gasteiger partial charge in [-0.3, -0.25) is 0 Å². The molecule has 1 fully saturated rings. The molecule has 0 aromatic carbocycles. The zero-order chi connectivity index (χ0) is 15.6. The first-order valence-electron chi connectivity index (χ1n) is 7.53. The Bertz CT molecular complexity index is 736. The molecule has 0 spiro atoms. The van der Waals surface area contributed by atoms with E-state index in [-0.39, 0.29) is 5.75 Å². The summed E-state index contributed by atoms with van der Waals surface area (Å²) in [6, 6.07) is 1.98. The van der Waals surface area contributed by atoms with Crippen molar-refractivity contribution in [1.29, 1.82) is 0 Å². The molecule has 3 heterocycles. The maximum Gasteiger partial charge on any atom is 0.214 e. The third-order valence-electron chi connectivity index (χ3n) is 3.91. The van der Waals surface area contributed by atoms with Gasteiger partial charge in [0.2, 0.25) is 10.0 Å². The molecule has 2 aromatic rings. The monoisotopic (exact) mass is 340 g/mol. The van der Waals surface area contributed by atoms with E-state index in [1.807, 2.05) is 18.4 Å². The lowest BCUT2D eigenvalue weighted by molar-refractivity contribution is 0.383. The third kappa shape index (κ3) is 3.09. The predicted molar refractivity (Wildman–Crippen MR) is 89.9 cm³/mol. The number of hydrogen-bond donors (Lipinski definition) is 0. The van der Waals surface area contributed by atoms with E-state index in [2.05, 4.69) is 14.9 Å². The third-order valence-corrected chi connectivity index (χ3v) is 6.77. The largest absolute Gasteiger partial charge is 0.353 e. The first kappa shape index (κ1) is 15.6. The van der Waals surface area contributed by atoms with Crippen molar-refractivity contribution in [2.24, 2.45) is 0 Å². The Morgan fingerprint density at radius 3 is 2.73 bits per heavy atom. The second kappa shape index (κ2) is 6.47. The van der Waals surface area contributed by atoms with Crippen molar-refractivity contribution < 1.29 is 8.42 Å². The summed E-state index contributed by atoms with van der Waals surface area (Å²) in [4.78, 5) is 10.8. The Hall–Kier alpha value is -1.25.